The third-order valence-electron chi connectivity index (χ3n) is 7.31. The van der Waals surface area contributed by atoms with Crippen LogP contribution in [0, 0.1) is 0 Å². The van der Waals surface area contributed by atoms with Gasteiger partial charge in [-0.25, -0.2) is 0 Å². The van der Waals surface area contributed by atoms with Gasteiger partial charge in [-0.15, -0.1) is 0 Å². The molecule has 0 saturated heterocycles. The molecule has 0 N–H and O–H groups in total. The van der Waals surface area contributed by atoms with Crippen molar-refractivity contribution in [2.24, 2.45) is 0 Å². The average Bonchev–Trinajstić information content (AvgIpc) is 2.59. The first-order valence-electron chi connectivity index (χ1n) is 11.9. The van der Waals surface area contributed by atoms with E-state index >= 15 is 0 Å². The maximum atomic E-state index is 7.11. The fourth-order valence-corrected chi connectivity index (χ4v) is 17.5. The molecule has 0 saturated carbocycles. The van der Waals surface area contributed by atoms with Gasteiger partial charge >= 0.3 is 198 Å². The molecule has 1 aliphatic heterocycles. The normalized spacial score (nSPS) is 21.3. The maximum absolute atomic E-state index is 7.11. The second kappa shape index (κ2) is 11.5. The molecule has 0 spiro atoms. The molecule has 0 aliphatic carbocycles. The van der Waals surface area contributed by atoms with Crippen LogP contribution in [0.25, 0.3) is 0 Å². The second-order valence-corrected chi connectivity index (χ2v) is 22.4. The van der Waals surface area contributed by atoms with Crippen LogP contribution in [-0.2, 0) is 29.4 Å². The summed E-state index contributed by atoms with van der Waals surface area (Å²) in [6.45, 7) is 28.6. The summed E-state index contributed by atoms with van der Waals surface area (Å²) in [5.41, 5.74) is 3.30. The summed E-state index contributed by atoms with van der Waals surface area (Å²) in [5.74, 6) is 0. The van der Waals surface area contributed by atoms with Gasteiger partial charge in [-0.1, -0.05) is 0 Å². The molecule has 0 amide bonds. The molecular formula is C24H48CrO3Si2. The van der Waals surface area contributed by atoms with Crippen LogP contribution in [0.15, 0.2) is 12.2 Å². The average molecular weight is 493 g/mol. The van der Waals surface area contributed by atoms with Crippen molar-refractivity contribution >= 4 is 21.2 Å². The van der Waals surface area contributed by atoms with E-state index < -0.39 is 16.6 Å². The van der Waals surface area contributed by atoms with Crippen molar-refractivity contribution in [3.63, 3.8) is 0 Å². The van der Waals surface area contributed by atoms with Gasteiger partial charge in [0.25, 0.3) is 0 Å². The van der Waals surface area contributed by atoms with Crippen LogP contribution in [0.5, 0.6) is 0 Å². The number of rotatable bonds is 11. The van der Waals surface area contributed by atoms with Crippen LogP contribution in [0.3, 0.4) is 0 Å². The third kappa shape index (κ3) is 5.87. The molecule has 0 aromatic heterocycles. The summed E-state index contributed by atoms with van der Waals surface area (Å²) >= 11 is 3.05. The van der Waals surface area contributed by atoms with Crippen molar-refractivity contribution in [1.29, 1.82) is 0 Å². The molecule has 6 heteroatoms. The van der Waals surface area contributed by atoms with E-state index in [0.717, 1.165) is 4.57 Å². The zero-order valence-corrected chi connectivity index (χ0v) is 24.9. The quantitative estimate of drug-likeness (QED) is 0.282. The zero-order chi connectivity index (χ0) is 23.4. The predicted octanol–water partition coefficient (Wildman–Crippen LogP) is 7.37. The molecule has 0 radical (unpaired) electrons. The first kappa shape index (κ1) is 28.5. The van der Waals surface area contributed by atoms with Crippen LogP contribution >= 0.6 is 0 Å². The van der Waals surface area contributed by atoms with E-state index in [9.17, 15) is 0 Å². The Kier molecular flexibility index (Phi) is 11.0. The van der Waals surface area contributed by atoms with Crippen molar-refractivity contribution in [3.8, 4) is 0 Å². The Bertz CT molecular complexity index is 541. The van der Waals surface area contributed by atoms with Gasteiger partial charge in [0.2, 0.25) is 0 Å². The molecule has 2 atom stereocenters. The fraction of sp³-hybridized carbons (Fsp3) is 0.875. The van der Waals surface area contributed by atoms with E-state index in [0.29, 0.717) is 39.9 Å². The van der Waals surface area contributed by atoms with Crippen LogP contribution in [0.2, 0.25) is 33.2 Å². The topological polar surface area (TPSA) is 27.7 Å². The molecule has 0 bridgehead atoms. The molecule has 1 heterocycles. The van der Waals surface area contributed by atoms with E-state index in [4.69, 9.17) is 13.6 Å². The fourth-order valence-electron chi connectivity index (χ4n) is 6.17. The Hall–Kier alpha value is 0.456. The predicted molar refractivity (Wildman–Crippen MR) is 132 cm³/mol. The van der Waals surface area contributed by atoms with Crippen molar-refractivity contribution in [1.82, 2.24) is 0 Å². The molecule has 0 aromatic rings. The SMILES string of the molecule is CC(C)[Si](OC[C@H]1O[C](=[Cr])C=C[C@@H]1O[Si](C(C)C)(C(C)C)C(C)C)(C(C)C)C(C)C. The molecule has 1 rings (SSSR count). The van der Waals surface area contributed by atoms with Crippen molar-refractivity contribution in [3.05, 3.63) is 12.2 Å². The van der Waals surface area contributed by atoms with Crippen molar-refractivity contribution in [2.45, 2.75) is 129 Å². The summed E-state index contributed by atoms with van der Waals surface area (Å²) in [5, 5.41) is 0. The van der Waals surface area contributed by atoms with Crippen LogP contribution in [0.1, 0.15) is 83.1 Å². The van der Waals surface area contributed by atoms with Gasteiger partial charge in [0, 0.05) is 0 Å². The molecule has 176 valence electrons. The third-order valence-corrected chi connectivity index (χ3v) is 19.8. The van der Waals surface area contributed by atoms with Crippen molar-refractivity contribution in [2.75, 3.05) is 6.61 Å². The first-order valence-corrected chi connectivity index (χ1v) is 16.9. The second-order valence-electron chi connectivity index (χ2n) is 10.9. The van der Waals surface area contributed by atoms with Gasteiger partial charge in [-0.2, -0.15) is 0 Å². The van der Waals surface area contributed by atoms with E-state index in [-0.39, 0.29) is 12.2 Å². The van der Waals surface area contributed by atoms with Gasteiger partial charge in [-0.05, 0) is 0 Å². The van der Waals surface area contributed by atoms with E-state index in [1.165, 1.54) is 0 Å². The van der Waals surface area contributed by atoms with Gasteiger partial charge in [-0.3, -0.25) is 0 Å². The minimum atomic E-state index is -2.01. The molecule has 0 aromatic carbocycles. The van der Waals surface area contributed by atoms with Crippen molar-refractivity contribution < 1.29 is 29.4 Å². The Labute approximate surface area is 197 Å². The number of hydrogen-bond donors (Lipinski definition) is 0. The monoisotopic (exact) mass is 492 g/mol. The van der Waals surface area contributed by atoms with Gasteiger partial charge in [0.05, 0.1) is 0 Å². The van der Waals surface area contributed by atoms with Gasteiger partial charge < -0.3 is 0 Å². The summed E-state index contributed by atoms with van der Waals surface area (Å²) in [4.78, 5) is 0. The molecule has 1 aliphatic rings. The van der Waals surface area contributed by atoms with Crippen LogP contribution in [0.4, 0.5) is 0 Å². The number of hydrogen-bond acceptors (Lipinski definition) is 3. The van der Waals surface area contributed by atoms with E-state index in [2.05, 4.69) is 105 Å². The Morgan fingerprint density at radius 2 is 1.17 bits per heavy atom. The Morgan fingerprint density at radius 3 is 1.53 bits per heavy atom. The summed E-state index contributed by atoms with van der Waals surface area (Å²) < 4.78 is 21.1. The standard InChI is InChI=1S/C24H48O3Si2.Cr/c1-17(2)28(18(3)4,19(5)6)26-16-24-23(14-13-15-25-24)27-29(20(7)8,21(9)10)22(11)12;/h13-14,17-24H,16H2,1-12H3;/t23-,24+;/m0./s1. The summed E-state index contributed by atoms with van der Waals surface area (Å²) in [6, 6.07) is 0. The Balaban J connectivity index is 3.21. The Morgan fingerprint density at radius 1 is 0.767 bits per heavy atom. The molecule has 0 unspecified atom stereocenters. The van der Waals surface area contributed by atoms with Crippen LogP contribution in [-0.4, -0.2) is 40.0 Å². The molecular weight excluding hydrogens is 444 g/mol. The van der Waals surface area contributed by atoms with Gasteiger partial charge in [0.1, 0.15) is 0 Å². The van der Waals surface area contributed by atoms with E-state index in [1.54, 1.807) is 0 Å². The minimum absolute atomic E-state index is 0.0563. The first-order chi connectivity index (χ1) is 13.7. The van der Waals surface area contributed by atoms with Gasteiger partial charge in [0.15, 0.2) is 0 Å². The zero-order valence-electron chi connectivity index (χ0n) is 21.6. The molecule has 30 heavy (non-hydrogen) atoms. The molecule has 3 nitrogen and oxygen atoms in total. The van der Waals surface area contributed by atoms with Crippen LogP contribution < -0.4 is 0 Å². The summed E-state index contributed by atoms with van der Waals surface area (Å²) in [7, 11) is -3.97. The number of ether oxygens (including phenoxy) is 1. The summed E-state index contributed by atoms with van der Waals surface area (Å²) in [6.07, 6.45) is 4.07. The van der Waals surface area contributed by atoms with E-state index in [1.807, 2.05) is 6.08 Å². The molecule has 0 fully saturated rings.